The van der Waals surface area contributed by atoms with Crippen molar-refractivity contribution < 1.29 is 9.18 Å². The molecule has 1 amide bonds. The summed E-state index contributed by atoms with van der Waals surface area (Å²) in [6.07, 6.45) is 2.71. The molecule has 2 N–H and O–H groups in total. The second-order valence-corrected chi connectivity index (χ2v) is 4.43. The van der Waals surface area contributed by atoms with E-state index in [1.165, 1.54) is 12.3 Å². The Morgan fingerprint density at radius 3 is 2.94 bits per heavy atom. The Hall–Kier alpha value is -1.17. The van der Waals surface area contributed by atoms with Crippen molar-refractivity contribution >= 4 is 27.7 Å². The molecule has 0 saturated heterocycles. The molecule has 94 valence electrons. The lowest BCUT2D eigenvalue weighted by Gasteiger charge is -2.07. The van der Waals surface area contributed by atoms with Gasteiger partial charge in [-0.05, 0) is 28.4 Å². The van der Waals surface area contributed by atoms with Crippen molar-refractivity contribution in [3.63, 3.8) is 0 Å². The van der Waals surface area contributed by atoms with E-state index in [1.807, 2.05) is 6.92 Å². The Morgan fingerprint density at radius 2 is 2.29 bits per heavy atom. The van der Waals surface area contributed by atoms with Gasteiger partial charge in [0.2, 0.25) is 5.91 Å². The van der Waals surface area contributed by atoms with Crippen molar-refractivity contribution in [1.29, 1.82) is 0 Å². The highest BCUT2D eigenvalue weighted by Crippen LogP contribution is 2.15. The first-order chi connectivity index (χ1) is 8.13. The number of carbonyl (C=O) groups is 1. The monoisotopic (exact) mass is 303 g/mol. The van der Waals surface area contributed by atoms with Crippen LogP contribution in [0.5, 0.6) is 0 Å². The Labute approximate surface area is 108 Å². The van der Waals surface area contributed by atoms with Crippen LogP contribution in [0.15, 0.2) is 16.7 Å². The van der Waals surface area contributed by atoms with E-state index < -0.39 is 5.82 Å². The number of nitrogens with one attached hydrogen (secondary N) is 2. The predicted molar refractivity (Wildman–Crippen MR) is 68.3 cm³/mol. The Morgan fingerprint density at radius 1 is 1.53 bits per heavy atom. The predicted octanol–water partition coefficient (Wildman–Crippen LogP) is 2.31. The summed E-state index contributed by atoms with van der Waals surface area (Å²) in [4.78, 5) is 15.1. The lowest BCUT2D eigenvalue weighted by Crippen LogP contribution is -2.26. The van der Waals surface area contributed by atoms with Gasteiger partial charge in [-0.1, -0.05) is 6.92 Å². The van der Waals surface area contributed by atoms with Crippen molar-refractivity contribution in [3.05, 3.63) is 22.6 Å². The summed E-state index contributed by atoms with van der Waals surface area (Å²) >= 11 is 3.12. The zero-order valence-electron chi connectivity index (χ0n) is 9.59. The Bertz CT molecular complexity index is 387. The highest BCUT2D eigenvalue weighted by Gasteiger charge is 2.05. The zero-order valence-corrected chi connectivity index (χ0v) is 11.2. The number of hydrogen-bond donors (Lipinski definition) is 2. The van der Waals surface area contributed by atoms with Crippen LogP contribution in [0.1, 0.15) is 19.8 Å². The Kier molecular flexibility index (Phi) is 5.90. The summed E-state index contributed by atoms with van der Waals surface area (Å²) in [6, 6.07) is 1.33. The fourth-order valence-corrected chi connectivity index (χ4v) is 1.50. The zero-order chi connectivity index (χ0) is 12.7. The van der Waals surface area contributed by atoms with Crippen LogP contribution in [-0.2, 0) is 4.79 Å². The average Bonchev–Trinajstić information content (AvgIpc) is 2.29. The standard InChI is InChI=1S/C11H15BrFN3O/c1-2-4-14-10(17)3-5-15-11-9(13)6-8(12)7-16-11/h6-7H,2-5H2,1H3,(H,14,17)(H,15,16). The van der Waals surface area contributed by atoms with Gasteiger partial charge in [0, 0.05) is 30.2 Å². The first-order valence-electron chi connectivity index (χ1n) is 5.45. The van der Waals surface area contributed by atoms with Crippen LogP contribution in [0.3, 0.4) is 0 Å². The molecule has 1 rings (SSSR count). The minimum Gasteiger partial charge on any atom is -0.367 e. The first kappa shape index (κ1) is 13.9. The second-order valence-electron chi connectivity index (χ2n) is 3.51. The number of rotatable bonds is 6. The summed E-state index contributed by atoms with van der Waals surface area (Å²) < 4.78 is 13.9. The first-order valence-corrected chi connectivity index (χ1v) is 6.24. The minimum atomic E-state index is -0.437. The van der Waals surface area contributed by atoms with Crippen LogP contribution in [0, 0.1) is 5.82 Å². The van der Waals surface area contributed by atoms with E-state index in [2.05, 4.69) is 31.5 Å². The third-order valence-corrected chi connectivity index (χ3v) is 2.46. The number of amides is 1. The maximum Gasteiger partial charge on any atom is 0.221 e. The van der Waals surface area contributed by atoms with Gasteiger partial charge in [0.15, 0.2) is 11.6 Å². The van der Waals surface area contributed by atoms with Crippen molar-refractivity contribution in [2.75, 3.05) is 18.4 Å². The molecule has 0 aromatic carbocycles. The van der Waals surface area contributed by atoms with Gasteiger partial charge in [0.05, 0.1) is 0 Å². The quantitative estimate of drug-likeness (QED) is 0.848. The number of nitrogens with zero attached hydrogens (tertiary/aromatic N) is 1. The molecule has 4 nitrogen and oxygen atoms in total. The molecule has 0 saturated carbocycles. The summed E-state index contributed by atoms with van der Waals surface area (Å²) in [5, 5.41) is 5.52. The van der Waals surface area contributed by atoms with Crippen molar-refractivity contribution in [3.8, 4) is 0 Å². The van der Waals surface area contributed by atoms with Gasteiger partial charge in [0.1, 0.15) is 0 Å². The number of anilines is 1. The highest BCUT2D eigenvalue weighted by atomic mass is 79.9. The molecular formula is C11H15BrFN3O. The number of carbonyl (C=O) groups excluding carboxylic acids is 1. The molecule has 0 bridgehead atoms. The van der Waals surface area contributed by atoms with Gasteiger partial charge in [-0.3, -0.25) is 4.79 Å². The van der Waals surface area contributed by atoms with E-state index in [4.69, 9.17) is 0 Å². The van der Waals surface area contributed by atoms with Crippen LogP contribution >= 0.6 is 15.9 Å². The minimum absolute atomic E-state index is 0.0446. The molecule has 0 fully saturated rings. The molecule has 0 atom stereocenters. The molecule has 1 aromatic heterocycles. The lowest BCUT2D eigenvalue weighted by molar-refractivity contribution is -0.120. The molecule has 0 aliphatic carbocycles. The Balaban J connectivity index is 2.33. The topological polar surface area (TPSA) is 54.0 Å². The number of aromatic nitrogens is 1. The summed E-state index contributed by atoms with van der Waals surface area (Å²) in [7, 11) is 0. The van der Waals surface area contributed by atoms with Gasteiger partial charge < -0.3 is 10.6 Å². The van der Waals surface area contributed by atoms with Crippen LogP contribution in [-0.4, -0.2) is 24.0 Å². The fraction of sp³-hybridized carbons (Fsp3) is 0.455. The van der Waals surface area contributed by atoms with E-state index in [0.29, 0.717) is 24.0 Å². The number of hydrogen-bond acceptors (Lipinski definition) is 3. The molecule has 0 unspecified atom stereocenters. The van der Waals surface area contributed by atoms with Gasteiger partial charge in [0.25, 0.3) is 0 Å². The van der Waals surface area contributed by atoms with Crippen LogP contribution in [0.4, 0.5) is 10.2 Å². The molecule has 0 aliphatic heterocycles. The summed E-state index contributed by atoms with van der Waals surface area (Å²) in [6.45, 7) is 3.02. The van der Waals surface area contributed by atoms with Gasteiger partial charge in [-0.25, -0.2) is 9.37 Å². The highest BCUT2D eigenvalue weighted by molar-refractivity contribution is 9.10. The number of pyridine rings is 1. The largest absolute Gasteiger partial charge is 0.367 e. The summed E-state index contributed by atoms with van der Waals surface area (Å²) in [5.41, 5.74) is 0. The van der Waals surface area contributed by atoms with Crippen molar-refractivity contribution in [2.24, 2.45) is 0 Å². The second kappa shape index (κ2) is 7.21. The van der Waals surface area contributed by atoms with Gasteiger partial charge in [-0.15, -0.1) is 0 Å². The van der Waals surface area contributed by atoms with E-state index in [1.54, 1.807) is 0 Å². The summed E-state index contributed by atoms with van der Waals surface area (Å²) in [5.74, 6) is -0.318. The molecule has 1 aromatic rings. The molecular weight excluding hydrogens is 289 g/mol. The smallest absolute Gasteiger partial charge is 0.221 e. The third kappa shape index (κ3) is 5.12. The van der Waals surface area contributed by atoms with Crippen LogP contribution < -0.4 is 10.6 Å². The SMILES string of the molecule is CCCNC(=O)CCNc1ncc(Br)cc1F. The molecule has 6 heteroatoms. The maximum absolute atomic E-state index is 13.3. The van der Waals surface area contributed by atoms with Crippen LogP contribution in [0.2, 0.25) is 0 Å². The fourth-order valence-electron chi connectivity index (χ4n) is 1.19. The lowest BCUT2D eigenvalue weighted by atomic mass is 10.3. The molecule has 0 radical (unpaired) electrons. The normalized spacial score (nSPS) is 10.1. The maximum atomic E-state index is 13.3. The van der Waals surface area contributed by atoms with E-state index in [9.17, 15) is 9.18 Å². The van der Waals surface area contributed by atoms with E-state index >= 15 is 0 Å². The van der Waals surface area contributed by atoms with Gasteiger partial charge in [-0.2, -0.15) is 0 Å². The molecule has 1 heterocycles. The van der Waals surface area contributed by atoms with E-state index in [0.717, 1.165) is 6.42 Å². The van der Waals surface area contributed by atoms with Gasteiger partial charge >= 0.3 is 0 Å². The molecule has 0 aliphatic rings. The number of halogens is 2. The average molecular weight is 304 g/mol. The molecule has 0 spiro atoms. The van der Waals surface area contributed by atoms with E-state index in [-0.39, 0.29) is 11.7 Å². The third-order valence-electron chi connectivity index (χ3n) is 2.02. The van der Waals surface area contributed by atoms with Crippen molar-refractivity contribution in [1.82, 2.24) is 10.3 Å². The molecule has 17 heavy (non-hydrogen) atoms. The van der Waals surface area contributed by atoms with Crippen molar-refractivity contribution in [2.45, 2.75) is 19.8 Å². The van der Waals surface area contributed by atoms with Crippen LogP contribution in [0.25, 0.3) is 0 Å².